The van der Waals surface area contributed by atoms with E-state index in [1.807, 2.05) is 12.1 Å². The zero-order valence-corrected chi connectivity index (χ0v) is 15.6. The third kappa shape index (κ3) is 3.28. The number of imidazole rings is 1. The molecular formula is C18H16ClN7O2. The predicted molar refractivity (Wildman–Crippen MR) is 104 cm³/mol. The summed E-state index contributed by atoms with van der Waals surface area (Å²) in [6.07, 6.45) is 5.15. The number of aliphatic hydroxyl groups is 1. The summed E-state index contributed by atoms with van der Waals surface area (Å²) < 4.78 is 3.38. The zero-order chi connectivity index (χ0) is 19.7. The SMILES string of the molecule is CNC(=O)c1cc(-n2cnc(Nc3nc(Cl)nn4cccc34)c2)ccc1CO. The van der Waals surface area contributed by atoms with Gasteiger partial charge >= 0.3 is 0 Å². The summed E-state index contributed by atoms with van der Waals surface area (Å²) in [5.41, 5.74) is 2.44. The van der Waals surface area contributed by atoms with Crippen LogP contribution in [0.4, 0.5) is 11.6 Å². The molecule has 0 atom stereocenters. The van der Waals surface area contributed by atoms with Crippen molar-refractivity contribution in [1.29, 1.82) is 0 Å². The summed E-state index contributed by atoms with van der Waals surface area (Å²) in [6, 6.07) is 8.91. The average Bonchev–Trinajstić information content (AvgIpc) is 3.36. The van der Waals surface area contributed by atoms with E-state index in [2.05, 4.69) is 25.7 Å². The van der Waals surface area contributed by atoms with Gasteiger partial charge in [-0.25, -0.2) is 9.50 Å². The Balaban J connectivity index is 1.66. The van der Waals surface area contributed by atoms with Crippen molar-refractivity contribution in [3.05, 3.63) is 65.5 Å². The van der Waals surface area contributed by atoms with Gasteiger partial charge in [0.1, 0.15) is 17.7 Å². The highest BCUT2D eigenvalue weighted by atomic mass is 35.5. The number of aromatic nitrogens is 5. The summed E-state index contributed by atoms with van der Waals surface area (Å²) in [5.74, 6) is 0.804. The number of rotatable bonds is 5. The Morgan fingerprint density at radius 3 is 2.96 bits per heavy atom. The Bertz CT molecular complexity index is 1170. The number of hydrogen-bond acceptors (Lipinski definition) is 6. The van der Waals surface area contributed by atoms with Crippen molar-refractivity contribution in [2.24, 2.45) is 0 Å². The van der Waals surface area contributed by atoms with Crippen molar-refractivity contribution >= 4 is 34.7 Å². The quantitative estimate of drug-likeness (QED) is 0.476. The Morgan fingerprint density at radius 2 is 2.18 bits per heavy atom. The second kappa shape index (κ2) is 7.29. The van der Waals surface area contributed by atoms with Crippen LogP contribution in [0.3, 0.4) is 0 Å². The first-order valence-electron chi connectivity index (χ1n) is 8.37. The van der Waals surface area contributed by atoms with Gasteiger partial charge < -0.3 is 20.3 Å². The summed E-state index contributed by atoms with van der Waals surface area (Å²) in [7, 11) is 1.55. The van der Waals surface area contributed by atoms with Crippen molar-refractivity contribution < 1.29 is 9.90 Å². The van der Waals surface area contributed by atoms with E-state index in [4.69, 9.17) is 11.6 Å². The van der Waals surface area contributed by atoms with Gasteiger partial charge in [-0.15, -0.1) is 5.10 Å². The molecule has 1 amide bonds. The van der Waals surface area contributed by atoms with Crippen LogP contribution < -0.4 is 10.6 Å². The molecule has 4 rings (SSSR count). The van der Waals surface area contributed by atoms with Crippen LogP contribution in [0.1, 0.15) is 15.9 Å². The van der Waals surface area contributed by atoms with Crippen molar-refractivity contribution in [2.75, 3.05) is 12.4 Å². The molecule has 0 saturated heterocycles. The summed E-state index contributed by atoms with van der Waals surface area (Å²) >= 11 is 5.97. The summed E-state index contributed by atoms with van der Waals surface area (Å²) in [4.78, 5) is 20.6. The van der Waals surface area contributed by atoms with Gasteiger partial charge in [-0.05, 0) is 41.4 Å². The van der Waals surface area contributed by atoms with Crippen molar-refractivity contribution in [3.63, 3.8) is 0 Å². The molecule has 0 aliphatic rings. The van der Waals surface area contributed by atoms with E-state index in [9.17, 15) is 9.90 Å². The molecule has 0 aliphatic carbocycles. The van der Waals surface area contributed by atoms with E-state index in [0.29, 0.717) is 22.8 Å². The van der Waals surface area contributed by atoms with Gasteiger partial charge in [0.05, 0.1) is 12.8 Å². The lowest BCUT2D eigenvalue weighted by atomic mass is 10.1. The lowest BCUT2D eigenvalue weighted by Gasteiger charge is -2.09. The van der Waals surface area contributed by atoms with E-state index in [1.165, 1.54) is 0 Å². The summed E-state index contributed by atoms with van der Waals surface area (Å²) in [5, 5.41) is 19.4. The van der Waals surface area contributed by atoms with Crippen molar-refractivity contribution in [1.82, 2.24) is 29.5 Å². The highest BCUT2D eigenvalue weighted by Gasteiger charge is 2.13. The van der Waals surface area contributed by atoms with Gasteiger partial charge in [0.25, 0.3) is 5.91 Å². The average molecular weight is 398 g/mol. The number of carbonyl (C=O) groups is 1. The standard InChI is InChI=1S/C18H16ClN7O2/c1-20-17(28)13-7-12(5-4-11(13)9-27)25-8-15(21-10-25)22-16-14-3-2-6-26(14)24-18(19)23-16/h2-8,10,27H,9H2,1H3,(H,20,28)(H,22,23,24). The second-order valence-corrected chi connectivity index (χ2v) is 6.28. The van der Waals surface area contributed by atoms with Crippen LogP contribution in [0, 0.1) is 0 Å². The lowest BCUT2D eigenvalue weighted by Crippen LogP contribution is -2.20. The molecule has 142 valence electrons. The monoisotopic (exact) mass is 397 g/mol. The molecule has 1 aromatic carbocycles. The van der Waals surface area contributed by atoms with E-state index in [1.54, 1.807) is 53.1 Å². The third-order valence-electron chi connectivity index (χ3n) is 4.23. The number of hydrogen-bond donors (Lipinski definition) is 3. The first-order chi connectivity index (χ1) is 13.6. The Hall–Kier alpha value is -3.43. The number of nitrogens with zero attached hydrogens (tertiary/aromatic N) is 5. The van der Waals surface area contributed by atoms with Gasteiger partial charge in [-0.3, -0.25) is 4.79 Å². The van der Waals surface area contributed by atoms with Crippen molar-refractivity contribution in [2.45, 2.75) is 6.61 Å². The van der Waals surface area contributed by atoms with Gasteiger partial charge in [-0.2, -0.15) is 4.98 Å². The van der Waals surface area contributed by atoms with Crippen LogP contribution in [-0.4, -0.2) is 42.2 Å². The lowest BCUT2D eigenvalue weighted by molar-refractivity contribution is 0.0960. The highest BCUT2D eigenvalue weighted by Crippen LogP contribution is 2.22. The van der Waals surface area contributed by atoms with Gasteiger partial charge in [0.15, 0.2) is 5.82 Å². The summed E-state index contributed by atoms with van der Waals surface area (Å²) in [6.45, 7) is -0.221. The van der Waals surface area contributed by atoms with E-state index < -0.39 is 0 Å². The van der Waals surface area contributed by atoms with Crippen LogP contribution in [0.2, 0.25) is 5.28 Å². The Kier molecular flexibility index (Phi) is 4.68. The van der Waals surface area contributed by atoms with E-state index in [-0.39, 0.29) is 17.8 Å². The number of carbonyl (C=O) groups excluding carboxylic acids is 1. The van der Waals surface area contributed by atoms with Crippen LogP contribution in [0.25, 0.3) is 11.2 Å². The molecule has 10 heteroatoms. The third-order valence-corrected chi connectivity index (χ3v) is 4.39. The van der Waals surface area contributed by atoms with Crippen LogP contribution in [0.5, 0.6) is 0 Å². The predicted octanol–water partition coefficient (Wildman–Crippen LogP) is 2.16. The number of benzene rings is 1. The number of halogens is 1. The number of amides is 1. The topological polar surface area (TPSA) is 109 Å². The molecule has 28 heavy (non-hydrogen) atoms. The maximum Gasteiger partial charge on any atom is 0.251 e. The smallest absolute Gasteiger partial charge is 0.251 e. The fourth-order valence-corrected chi connectivity index (χ4v) is 3.02. The maximum atomic E-state index is 12.1. The molecule has 3 heterocycles. The molecule has 4 aromatic rings. The van der Waals surface area contributed by atoms with Gasteiger partial charge in [0.2, 0.25) is 5.28 Å². The normalized spacial score (nSPS) is 11.0. The number of fused-ring (bicyclic) bond motifs is 1. The molecular weight excluding hydrogens is 382 g/mol. The Morgan fingerprint density at radius 1 is 1.32 bits per heavy atom. The molecule has 0 saturated carbocycles. The molecule has 0 spiro atoms. The minimum atomic E-state index is -0.268. The number of anilines is 2. The molecule has 0 radical (unpaired) electrons. The van der Waals surface area contributed by atoms with Crippen molar-refractivity contribution in [3.8, 4) is 5.69 Å². The molecule has 3 N–H and O–H groups in total. The van der Waals surface area contributed by atoms with Crippen LogP contribution in [0.15, 0.2) is 49.1 Å². The first-order valence-corrected chi connectivity index (χ1v) is 8.75. The molecule has 0 unspecified atom stereocenters. The maximum absolute atomic E-state index is 12.1. The second-order valence-electron chi connectivity index (χ2n) is 5.94. The minimum Gasteiger partial charge on any atom is -0.392 e. The van der Waals surface area contributed by atoms with Crippen LogP contribution in [-0.2, 0) is 6.61 Å². The molecule has 0 aliphatic heterocycles. The fraction of sp³-hybridized carbons (Fsp3) is 0.111. The van der Waals surface area contributed by atoms with Gasteiger partial charge in [-0.1, -0.05) is 6.07 Å². The fourth-order valence-electron chi connectivity index (χ4n) is 2.86. The number of nitrogens with one attached hydrogen (secondary N) is 2. The molecule has 9 nitrogen and oxygen atoms in total. The van der Waals surface area contributed by atoms with Gasteiger partial charge in [0, 0.05) is 24.5 Å². The minimum absolute atomic E-state index is 0.112. The highest BCUT2D eigenvalue weighted by molar-refractivity contribution is 6.28. The largest absolute Gasteiger partial charge is 0.392 e. The molecule has 0 bridgehead atoms. The zero-order valence-electron chi connectivity index (χ0n) is 14.8. The van der Waals surface area contributed by atoms with E-state index >= 15 is 0 Å². The first kappa shape index (κ1) is 18.0. The van der Waals surface area contributed by atoms with E-state index in [0.717, 1.165) is 11.2 Å². The van der Waals surface area contributed by atoms with Crippen LogP contribution >= 0.6 is 11.6 Å². The Labute approximate surface area is 164 Å². The number of aliphatic hydroxyl groups excluding tert-OH is 1. The molecule has 0 fully saturated rings. The molecule has 3 aromatic heterocycles.